The lowest BCUT2D eigenvalue weighted by molar-refractivity contribution is 0.291. The van der Waals surface area contributed by atoms with Crippen LogP contribution in [0.2, 0.25) is 0 Å². The fourth-order valence-electron chi connectivity index (χ4n) is 2.22. The van der Waals surface area contributed by atoms with E-state index in [1.54, 1.807) is 0 Å². The molecule has 21 heavy (non-hydrogen) atoms. The lowest BCUT2D eigenvalue weighted by Crippen LogP contribution is -2.20. The van der Waals surface area contributed by atoms with Crippen molar-refractivity contribution in [1.29, 1.82) is 0 Å². The number of halogens is 2. The first kappa shape index (κ1) is 19.3. The van der Waals surface area contributed by atoms with Gasteiger partial charge in [0.05, 0.1) is 6.61 Å². The molecule has 0 aromatic carbocycles. The molecule has 3 nitrogen and oxygen atoms in total. The van der Waals surface area contributed by atoms with Gasteiger partial charge in [0.25, 0.3) is 0 Å². The summed E-state index contributed by atoms with van der Waals surface area (Å²) in [6.07, 6.45) is 8.26. The fourth-order valence-corrected chi connectivity index (χ4v) is 3.57. The number of ether oxygens (including phenoxy) is 1. The maximum atomic E-state index is 5.62. The Labute approximate surface area is 152 Å². The second kappa shape index (κ2) is 11.8. The number of unbranched alkanes of at least 4 members (excludes halogenated alkanes) is 4. The van der Waals surface area contributed by atoms with E-state index in [0.717, 1.165) is 22.5 Å². The van der Waals surface area contributed by atoms with E-state index >= 15 is 0 Å². The molecular weight excluding hydrogens is 419 g/mol. The van der Waals surface area contributed by atoms with Gasteiger partial charge >= 0.3 is 0 Å². The molecule has 1 aliphatic rings. The quantitative estimate of drug-likeness (QED) is 0.417. The highest BCUT2D eigenvalue weighted by Gasteiger charge is 2.10. The van der Waals surface area contributed by atoms with Crippen molar-refractivity contribution in [2.24, 2.45) is 0 Å². The molecule has 2 heterocycles. The molecule has 0 radical (unpaired) electrons. The van der Waals surface area contributed by atoms with Gasteiger partial charge in [-0.05, 0) is 48.0 Å². The monoisotopic (exact) mass is 442 g/mol. The van der Waals surface area contributed by atoms with Crippen molar-refractivity contribution in [2.45, 2.75) is 32.1 Å². The maximum absolute atomic E-state index is 5.62. The molecule has 0 unspecified atom stereocenters. The minimum absolute atomic E-state index is 0. The summed E-state index contributed by atoms with van der Waals surface area (Å²) in [5.41, 5.74) is 0. The van der Waals surface area contributed by atoms with E-state index in [4.69, 9.17) is 4.74 Å². The second-order valence-corrected chi connectivity index (χ2v) is 7.41. The van der Waals surface area contributed by atoms with Crippen molar-refractivity contribution in [3.63, 3.8) is 0 Å². The zero-order valence-corrected chi connectivity index (χ0v) is 16.1. The van der Waals surface area contributed by atoms with Crippen molar-refractivity contribution in [3.8, 4) is 5.88 Å². The van der Waals surface area contributed by atoms with Crippen molar-refractivity contribution < 1.29 is 4.74 Å². The molecule has 1 aliphatic heterocycles. The third kappa shape index (κ3) is 8.47. The van der Waals surface area contributed by atoms with E-state index in [-0.39, 0.29) is 12.4 Å². The first-order valence-corrected chi connectivity index (χ1v) is 9.62. The number of hydrogen-bond donors (Lipinski definition) is 0. The van der Waals surface area contributed by atoms with Crippen LogP contribution >= 0.6 is 46.8 Å². The number of nitrogens with zero attached hydrogens (tertiary/aromatic N) is 2. The normalized spacial score (nSPS) is 14.9. The van der Waals surface area contributed by atoms with Gasteiger partial charge in [-0.1, -0.05) is 19.3 Å². The molecule has 120 valence electrons. The summed E-state index contributed by atoms with van der Waals surface area (Å²) in [4.78, 5) is 6.80. The Kier molecular flexibility index (Phi) is 10.9. The first-order chi connectivity index (χ1) is 9.84. The fraction of sp³-hybridized carbons (Fsp3) is 0.667. The largest absolute Gasteiger partial charge is 0.478 e. The SMILES string of the molecule is Cl.Ic1ccc(OCCCCCCCN2CCSC2)nc1. The highest BCUT2D eigenvalue weighted by atomic mass is 127. The lowest BCUT2D eigenvalue weighted by Gasteiger charge is -2.12. The summed E-state index contributed by atoms with van der Waals surface area (Å²) in [5, 5.41) is 0. The van der Waals surface area contributed by atoms with Gasteiger partial charge in [-0.15, -0.1) is 24.2 Å². The smallest absolute Gasteiger partial charge is 0.213 e. The van der Waals surface area contributed by atoms with Gasteiger partial charge in [-0.2, -0.15) is 0 Å². The molecule has 1 saturated heterocycles. The summed E-state index contributed by atoms with van der Waals surface area (Å²) in [6, 6.07) is 3.97. The number of hydrogen-bond acceptors (Lipinski definition) is 4. The molecule has 6 heteroatoms. The molecular formula is C15H24ClIN2OS. The van der Waals surface area contributed by atoms with E-state index in [1.807, 2.05) is 18.3 Å². The minimum Gasteiger partial charge on any atom is -0.478 e. The molecule has 1 aromatic heterocycles. The van der Waals surface area contributed by atoms with E-state index in [9.17, 15) is 0 Å². The summed E-state index contributed by atoms with van der Waals surface area (Å²) < 4.78 is 6.77. The Bertz CT molecular complexity index is 374. The predicted molar refractivity (Wildman–Crippen MR) is 102 cm³/mol. The Morgan fingerprint density at radius 3 is 2.71 bits per heavy atom. The molecule has 2 rings (SSSR count). The van der Waals surface area contributed by atoms with Crippen LogP contribution in [0.1, 0.15) is 32.1 Å². The van der Waals surface area contributed by atoms with Crippen molar-refractivity contribution >= 4 is 46.8 Å². The standard InChI is InChI=1S/C15H23IN2OS.ClH/c16-14-6-7-15(17-12-14)19-10-5-3-1-2-4-8-18-9-11-20-13-18;/h6-7,12H,1-5,8-11,13H2;1H. The Hall–Kier alpha value is 0.280. The van der Waals surface area contributed by atoms with Crippen LogP contribution in [0.5, 0.6) is 5.88 Å². The van der Waals surface area contributed by atoms with Crippen LogP contribution in [-0.4, -0.2) is 41.2 Å². The minimum atomic E-state index is 0. The third-order valence-corrected chi connectivity index (χ3v) is 5.05. The maximum Gasteiger partial charge on any atom is 0.213 e. The molecule has 0 bridgehead atoms. The highest BCUT2D eigenvalue weighted by molar-refractivity contribution is 14.1. The van der Waals surface area contributed by atoms with Gasteiger partial charge in [0.2, 0.25) is 5.88 Å². The Morgan fingerprint density at radius 1 is 1.19 bits per heavy atom. The summed E-state index contributed by atoms with van der Waals surface area (Å²) in [6.45, 7) is 3.37. The van der Waals surface area contributed by atoms with Gasteiger partial charge in [-0.25, -0.2) is 4.98 Å². The van der Waals surface area contributed by atoms with Crippen molar-refractivity contribution in [2.75, 3.05) is 31.3 Å². The average Bonchev–Trinajstić information content (AvgIpc) is 2.97. The zero-order valence-electron chi connectivity index (χ0n) is 12.3. The summed E-state index contributed by atoms with van der Waals surface area (Å²) in [7, 11) is 0. The highest BCUT2D eigenvalue weighted by Crippen LogP contribution is 2.14. The first-order valence-electron chi connectivity index (χ1n) is 7.39. The lowest BCUT2D eigenvalue weighted by atomic mass is 10.1. The topological polar surface area (TPSA) is 25.4 Å². The van der Waals surface area contributed by atoms with Gasteiger partial charge in [-0.3, -0.25) is 4.90 Å². The number of aromatic nitrogens is 1. The number of pyridine rings is 1. The van der Waals surface area contributed by atoms with Crippen LogP contribution in [0, 0.1) is 3.57 Å². The Morgan fingerprint density at radius 2 is 2.00 bits per heavy atom. The molecule has 1 aromatic rings. The molecule has 0 amide bonds. The summed E-state index contributed by atoms with van der Waals surface area (Å²) in [5.74, 6) is 3.32. The summed E-state index contributed by atoms with van der Waals surface area (Å²) >= 11 is 4.31. The van der Waals surface area contributed by atoms with E-state index in [2.05, 4.69) is 44.2 Å². The predicted octanol–water partition coefficient (Wildman–Crippen LogP) is 4.44. The van der Waals surface area contributed by atoms with Gasteiger partial charge in [0, 0.05) is 34.0 Å². The van der Waals surface area contributed by atoms with Crippen LogP contribution in [-0.2, 0) is 0 Å². The molecule has 1 fully saturated rings. The zero-order chi connectivity index (χ0) is 14.0. The van der Waals surface area contributed by atoms with Crippen LogP contribution in [0.25, 0.3) is 0 Å². The van der Waals surface area contributed by atoms with Crippen LogP contribution in [0.15, 0.2) is 18.3 Å². The Balaban J connectivity index is 0.00000220. The molecule has 0 N–H and O–H groups in total. The number of thioether (sulfide) groups is 1. The van der Waals surface area contributed by atoms with Gasteiger partial charge in [0.1, 0.15) is 0 Å². The second-order valence-electron chi connectivity index (χ2n) is 5.09. The van der Waals surface area contributed by atoms with Gasteiger partial charge < -0.3 is 4.74 Å². The van der Waals surface area contributed by atoms with E-state index < -0.39 is 0 Å². The van der Waals surface area contributed by atoms with Gasteiger partial charge in [0.15, 0.2) is 0 Å². The van der Waals surface area contributed by atoms with Crippen LogP contribution in [0.4, 0.5) is 0 Å². The number of rotatable bonds is 9. The van der Waals surface area contributed by atoms with E-state index in [0.29, 0.717) is 0 Å². The average molecular weight is 443 g/mol. The molecule has 0 atom stereocenters. The molecule has 0 aliphatic carbocycles. The van der Waals surface area contributed by atoms with Crippen LogP contribution < -0.4 is 4.74 Å². The van der Waals surface area contributed by atoms with Crippen molar-refractivity contribution in [1.82, 2.24) is 9.88 Å². The third-order valence-electron chi connectivity index (χ3n) is 3.39. The molecule has 0 saturated carbocycles. The van der Waals surface area contributed by atoms with Crippen LogP contribution in [0.3, 0.4) is 0 Å². The van der Waals surface area contributed by atoms with E-state index in [1.165, 1.54) is 50.4 Å². The molecule has 0 spiro atoms. The van der Waals surface area contributed by atoms with Crippen molar-refractivity contribution in [3.05, 3.63) is 21.9 Å².